The average molecular weight is 427 g/mol. The second kappa shape index (κ2) is 7.53. The van der Waals surface area contributed by atoms with Gasteiger partial charge in [0.2, 0.25) is 0 Å². The number of hydrogen-bond donors (Lipinski definition) is 0. The van der Waals surface area contributed by atoms with E-state index in [4.69, 9.17) is 0 Å². The van der Waals surface area contributed by atoms with Gasteiger partial charge in [-0.05, 0) is 24.8 Å². The van der Waals surface area contributed by atoms with Gasteiger partial charge in [0.15, 0.2) is 6.04 Å². The summed E-state index contributed by atoms with van der Waals surface area (Å²) in [7, 11) is 0. The summed E-state index contributed by atoms with van der Waals surface area (Å²) in [6.07, 6.45) is 5.23. The van der Waals surface area contributed by atoms with Crippen LogP contribution in [0, 0.1) is 0 Å². The number of hydrogen-bond acceptors (Lipinski definition) is 2. The lowest BCUT2D eigenvalue weighted by atomic mass is 10.0. The molecule has 0 N–H and O–H groups in total. The molecule has 2 aliphatic rings. The fourth-order valence-electron chi connectivity index (χ4n) is 4.26. The van der Waals surface area contributed by atoms with Gasteiger partial charge in [-0.15, -0.1) is 0 Å². The van der Waals surface area contributed by atoms with Crippen molar-refractivity contribution in [3.05, 3.63) is 82.4 Å². The number of aryl methyl sites for hydroxylation is 1. The number of fused-ring (bicyclic) bond motifs is 3. The lowest BCUT2D eigenvalue weighted by Crippen LogP contribution is -3.00. The van der Waals surface area contributed by atoms with Crippen molar-refractivity contribution in [2.24, 2.45) is 0 Å². The molecule has 2 heterocycles. The SMILES string of the molecule is [Br-].c1ccc(CN2c3sc4c([n+]3CC2c2ccccc2)CCCC4)cc1. The molecule has 1 aromatic heterocycles. The molecule has 2 nitrogen and oxygen atoms in total. The second-order valence-corrected chi connectivity index (χ2v) is 8.17. The summed E-state index contributed by atoms with van der Waals surface area (Å²) < 4.78 is 2.62. The maximum Gasteiger partial charge on any atom is 0.337 e. The monoisotopic (exact) mass is 426 g/mol. The zero-order valence-corrected chi connectivity index (χ0v) is 17.2. The largest absolute Gasteiger partial charge is 1.00 e. The Labute approximate surface area is 169 Å². The van der Waals surface area contributed by atoms with Crippen LogP contribution in [0.2, 0.25) is 0 Å². The summed E-state index contributed by atoms with van der Waals surface area (Å²) >= 11 is 2.04. The van der Waals surface area contributed by atoms with E-state index in [0.717, 1.165) is 13.1 Å². The molecule has 0 saturated heterocycles. The number of halogens is 1. The van der Waals surface area contributed by atoms with E-state index in [0.29, 0.717) is 6.04 Å². The number of nitrogens with zero attached hydrogens (tertiary/aromatic N) is 2. The molecule has 26 heavy (non-hydrogen) atoms. The quantitative estimate of drug-likeness (QED) is 0.577. The van der Waals surface area contributed by atoms with E-state index in [2.05, 4.69) is 70.1 Å². The maximum absolute atomic E-state index is 2.63. The van der Waals surface area contributed by atoms with E-state index < -0.39 is 0 Å². The van der Waals surface area contributed by atoms with Gasteiger partial charge in [-0.2, -0.15) is 0 Å². The Kier molecular flexibility index (Phi) is 5.14. The van der Waals surface area contributed by atoms with Gasteiger partial charge in [-0.1, -0.05) is 72.0 Å². The van der Waals surface area contributed by atoms with Crippen molar-refractivity contribution in [2.75, 3.05) is 4.90 Å². The summed E-state index contributed by atoms with van der Waals surface area (Å²) in [5.74, 6) is 0. The highest BCUT2D eigenvalue weighted by Crippen LogP contribution is 2.40. The van der Waals surface area contributed by atoms with Crippen LogP contribution in [0.25, 0.3) is 0 Å². The van der Waals surface area contributed by atoms with Crippen molar-refractivity contribution in [2.45, 2.75) is 44.8 Å². The lowest BCUT2D eigenvalue weighted by molar-refractivity contribution is -0.678. The third-order valence-electron chi connectivity index (χ3n) is 5.52. The molecule has 1 aliphatic heterocycles. The Morgan fingerprint density at radius 2 is 1.62 bits per heavy atom. The number of benzene rings is 2. The Morgan fingerprint density at radius 1 is 0.923 bits per heavy atom. The standard InChI is InChI=1S/C22H23N2S.BrH/c1-3-9-17(10-4-1)15-23-20(18-11-5-2-6-12-18)16-24-19-13-7-8-14-21(19)25-22(23)24;/h1-6,9-12,20H,7-8,13-16H2;1H/q+1;/p-1. The highest BCUT2D eigenvalue weighted by atomic mass is 79.9. The molecule has 1 unspecified atom stereocenters. The molecule has 0 saturated carbocycles. The average Bonchev–Trinajstić information content (AvgIpc) is 3.20. The third kappa shape index (κ3) is 3.10. The van der Waals surface area contributed by atoms with Crippen LogP contribution >= 0.6 is 11.3 Å². The van der Waals surface area contributed by atoms with Crippen LogP contribution < -0.4 is 26.4 Å². The molecule has 3 aromatic rings. The zero-order valence-electron chi connectivity index (χ0n) is 14.8. The molecule has 2 aromatic carbocycles. The van der Waals surface area contributed by atoms with Crippen LogP contribution in [0.5, 0.6) is 0 Å². The molecule has 0 bridgehead atoms. The number of anilines is 1. The Hall–Kier alpha value is -1.65. The molecule has 4 heteroatoms. The molecule has 0 radical (unpaired) electrons. The van der Waals surface area contributed by atoms with Gasteiger partial charge in [-0.25, -0.2) is 9.47 Å². The van der Waals surface area contributed by atoms with E-state index in [1.165, 1.54) is 41.9 Å². The summed E-state index contributed by atoms with van der Waals surface area (Å²) in [5, 5.41) is 1.46. The van der Waals surface area contributed by atoms with Crippen molar-refractivity contribution in [1.29, 1.82) is 0 Å². The minimum Gasteiger partial charge on any atom is -1.00 e. The van der Waals surface area contributed by atoms with Crippen LogP contribution in [-0.2, 0) is 25.9 Å². The first-order chi connectivity index (χ1) is 12.4. The molecule has 0 fully saturated rings. The first-order valence-electron chi connectivity index (χ1n) is 9.30. The smallest absolute Gasteiger partial charge is 0.337 e. The summed E-state index contributed by atoms with van der Waals surface area (Å²) in [6.45, 7) is 2.08. The zero-order chi connectivity index (χ0) is 16.6. The van der Waals surface area contributed by atoms with Gasteiger partial charge in [0, 0.05) is 12.0 Å². The number of thiazole rings is 1. The van der Waals surface area contributed by atoms with E-state index in [-0.39, 0.29) is 17.0 Å². The molecule has 0 amide bonds. The van der Waals surface area contributed by atoms with Gasteiger partial charge in [-0.3, -0.25) is 0 Å². The molecule has 134 valence electrons. The summed E-state index contributed by atoms with van der Waals surface area (Å²) in [6, 6.07) is 22.4. The van der Waals surface area contributed by atoms with Crippen LogP contribution in [0.3, 0.4) is 0 Å². The van der Waals surface area contributed by atoms with Crippen molar-refractivity contribution in [1.82, 2.24) is 0 Å². The third-order valence-corrected chi connectivity index (χ3v) is 6.84. The first kappa shape index (κ1) is 17.7. The first-order valence-corrected chi connectivity index (χ1v) is 10.1. The molecule has 1 aliphatic carbocycles. The number of rotatable bonds is 3. The predicted molar refractivity (Wildman–Crippen MR) is 103 cm³/mol. The molecular formula is C22H23BrN2S. The normalized spacial score (nSPS) is 18.2. The fraction of sp³-hybridized carbons (Fsp3) is 0.318. The molecule has 1 atom stereocenters. The highest BCUT2D eigenvalue weighted by Gasteiger charge is 2.43. The maximum atomic E-state index is 2.63. The van der Waals surface area contributed by atoms with Gasteiger partial charge in [0.1, 0.15) is 18.8 Å². The van der Waals surface area contributed by atoms with E-state index in [9.17, 15) is 0 Å². The highest BCUT2D eigenvalue weighted by molar-refractivity contribution is 7.15. The minimum absolute atomic E-state index is 0. The second-order valence-electron chi connectivity index (χ2n) is 7.11. The summed E-state index contributed by atoms with van der Waals surface area (Å²) in [4.78, 5) is 4.26. The Morgan fingerprint density at radius 3 is 2.38 bits per heavy atom. The van der Waals surface area contributed by atoms with Crippen LogP contribution in [0.4, 0.5) is 5.13 Å². The number of aromatic nitrogens is 1. The molecule has 0 spiro atoms. The van der Waals surface area contributed by atoms with Gasteiger partial charge < -0.3 is 17.0 Å². The van der Waals surface area contributed by atoms with Crippen molar-refractivity contribution in [3.8, 4) is 0 Å². The molecular weight excluding hydrogens is 404 g/mol. The predicted octanol–water partition coefficient (Wildman–Crippen LogP) is 1.68. The van der Waals surface area contributed by atoms with Crippen LogP contribution in [-0.4, -0.2) is 0 Å². The minimum atomic E-state index is 0. The van der Waals surface area contributed by atoms with Crippen molar-refractivity contribution >= 4 is 16.5 Å². The Balaban J connectivity index is 0.00000168. The van der Waals surface area contributed by atoms with Crippen molar-refractivity contribution < 1.29 is 21.5 Å². The fourth-order valence-corrected chi connectivity index (χ4v) is 5.66. The Bertz CT molecular complexity index is 876. The van der Waals surface area contributed by atoms with Gasteiger partial charge >= 0.3 is 5.13 Å². The van der Waals surface area contributed by atoms with Gasteiger partial charge in [0.25, 0.3) is 0 Å². The summed E-state index contributed by atoms with van der Waals surface area (Å²) in [5.41, 5.74) is 4.44. The molecule has 5 rings (SSSR count). The topological polar surface area (TPSA) is 7.12 Å². The van der Waals surface area contributed by atoms with Gasteiger partial charge in [0.05, 0.1) is 4.88 Å². The van der Waals surface area contributed by atoms with E-state index in [1.54, 1.807) is 10.6 Å². The van der Waals surface area contributed by atoms with Crippen LogP contribution in [0.1, 0.15) is 40.6 Å². The van der Waals surface area contributed by atoms with Crippen LogP contribution in [0.15, 0.2) is 60.7 Å². The van der Waals surface area contributed by atoms with Crippen molar-refractivity contribution in [3.63, 3.8) is 0 Å². The van der Waals surface area contributed by atoms with E-state index in [1.807, 2.05) is 11.3 Å². The van der Waals surface area contributed by atoms with E-state index >= 15 is 0 Å². The lowest BCUT2D eigenvalue weighted by Gasteiger charge is -2.19.